The summed E-state index contributed by atoms with van der Waals surface area (Å²) in [4.78, 5) is 4.21. The first kappa shape index (κ1) is 6.41. The second kappa shape index (κ2) is 2.38. The van der Waals surface area contributed by atoms with Crippen LogP contribution in [0.4, 0.5) is 0 Å². The maximum atomic E-state index is 4.21. The lowest BCUT2D eigenvalue weighted by Gasteiger charge is -1.98. The molecule has 0 spiro atoms. The number of rotatable bonds is 0. The van der Waals surface area contributed by atoms with Crippen LogP contribution in [-0.2, 0) is 0 Å². The maximum Gasteiger partial charge on any atom is 0.164 e. The monoisotopic (exact) mass is 141 g/mol. The highest BCUT2D eigenvalue weighted by Crippen LogP contribution is 2.07. The molecular formula is C9H8BN. The van der Waals surface area contributed by atoms with E-state index >= 15 is 0 Å². The molecule has 11 heavy (non-hydrogen) atoms. The molecule has 1 aromatic carbocycles. The Morgan fingerprint density at radius 3 is 2.73 bits per heavy atom. The molecule has 1 heterocycles. The summed E-state index contributed by atoms with van der Waals surface area (Å²) in [6, 6.07) is 10.3. The Hall–Kier alpha value is -1.31. The van der Waals surface area contributed by atoms with E-state index in [1.165, 1.54) is 10.8 Å². The SMILES string of the molecule is Bc1nccc2ccccc12. The maximum absolute atomic E-state index is 4.21. The number of hydrogen-bond acceptors (Lipinski definition) is 1. The van der Waals surface area contributed by atoms with Crippen LogP contribution in [0.5, 0.6) is 0 Å². The molecule has 0 radical (unpaired) electrons. The summed E-state index contributed by atoms with van der Waals surface area (Å²) in [7, 11) is 2.03. The van der Waals surface area contributed by atoms with Crippen molar-refractivity contribution in [3.63, 3.8) is 0 Å². The predicted molar refractivity (Wildman–Crippen MR) is 49.9 cm³/mol. The molecular weight excluding hydrogens is 133 g/mol. The molecule has 52 valence electrons. The second-order valence-corrected chi connectivity index (χ2v) is 2.62. The van der Waals surface area contributed by atoms with Crippen LogP contribution in [0.1, 0.15) is 0 Å². The van der Waals surface area contributed by atoms with E-state index in [9.17, 15) is 0 Å². The topological polar surface area (TPSA) is 12.9 Å². The molecule has 0 fully saturated rings. The third kappa shape index (κ3) is 1.00. The highest BCUT2D eigenvalue weighted by atomic mass is 14.6. The van der Waals surface area contributed by atoms with Crippen LogP contribution in [0, 0.1) is 0 Å². The lowest BCUT2D eigenvalue weighted by atomic mass is 9.97. The molecule has 1 nitrogen and oxygen atoms in total. The van der Waals surface area contributed by atoms with Gasteiger partial charge in [0.2, 0.25) is 0 Å². The lowest BCUT2D eigenvalue weighted by Crippen LogP contribution is -2.07. The average molecular weight is 141 g/mol. The van der Waals surface area contributed by atoms with Gasteiger partial charge in [-0.3, -0.25) is 4.98 Å². The molecule has 1 aromatic heterocycles. The van der Waals surface area contributed by atoms with Gasteiger partial charge < -0.3 is 0 Å². The van der Waals surface area contributed by atoms with Crippen molar-refractivity contribution < 1.29 is 0 Å². The zero-order valence-electron chi connectivity index (χ0n) is 6.41. The number of hydrogen-bond donors (Lipinski definition) is 0. The van der Waals surface area contributed by atoms with Crippen molar-refractivity contribution in [2.24, 2.45) is 0 Å². The molecule has 0 amide bonds. The molecule has 0 atom stereocenters. The van der Waals surface area contributed by atoms with Gasteiger partial charge in [-0.15, -0.1) is 0 Å². The molecule has 0 aliphatic carbocycles. The average Bonchev–Trinajstić information content (AvgIpc) is 2.06. The summed E-state index contributed by atoms with van der Waals surface area (Å²) < 4.78 is 0. The Morgan fingerprint density at radius 1 is 1.09 bits per heavy atom. The summed E-state index contributed by atoms with van der Waals surface area (Å²) in [5.74, 6) is 0. The highest BCUT2D eigenvalue weighted by Gasteiger charge is 1.93. The van der Waals surface area contributed by atoms with Gasteiger partial charge in [-0.2, -0.15) is 0 Å². The van der Waals surface area contributed by atoms with Crippen molar-refractivity contribution in [3.8, 4) is 0 Å². The van der Waals surface area contributed by atoms with Gasteiger partial charge >= 0.3 is 0 Å². The van der Waals surface area contributed by atoms with Crippen molar-refractivity contribution in [1.29, 1.82) is 0 Å². The van der Waals surface area contributed by atoms with Crippen molar-refractivity contribution in [3.05, 3.63) is 36.5 Å². The Kier molecular flexibility index (Phi) is 1.39. The molecule has 0 bridgehead atoms. The first-order valence-corrected chi connectivity index (χ1v) is 3.68. The summed E-state index contributed by atoms with van der Waals surface area (Å²) in [5, 5.41) is 2.51. The number of nitrogens with zero attached hydrogens (tertiary/aromatic N) is 1. The van der Waals surface area contributed by atoms with Gasteiger partial charge in [0.1, 0.15) is 0 Å². The highest BCUT2D eigenvalue weighted by molar-refractivity contribution is 6.36. The van der Waals surface area contributed by atoms with Crippen LogP contribution >= 0.6 is 0 Å². The molecule has 0 saturated heterocycles. The Bertz CT molecular complexity index is 379. The van der Waals surface area contributed by atoms with Gasteiger partial charge in [0, 0.05) is 11.8 Å². The van der Waals surface area contributed by atoms with Crippen LogP contribution in [0.25, 0.3) is 10.8 Å². The van der Waals surface area contributed by atoms with Gasteiger partial charge in [-0.1, -0.05) is 24.3 Å². The molecule has 2 heteroatoms. The van der Waals surface area contributed by atoms with Crippen molar-refractivity contribution in [2.75, 3.05) is 0 Å². The predicted octanol–water partition coefficient (Wildman–Crippen LogP) is 0.493. The zero-order valence-corrected chi connectivity index (χ0v) is 6.41. The van der Waals surface area contributed by atoms with Crippen LogP contribution in [0.15, 0.2) is 36.5 Å². The second-order valence-electron chi connectivity index (χ2n) is 2.62. The smallest absolute Gasteiger partial charge is 0.164 e. The van der Waals surface area contributed by atoms with Crippen LogP contribution < -0.4 is 5.59 Å². The van der Waals surface area contributed by atoms with Gasteiger partial charge in [0.05, 0.1) is 0 Å². The Labute approximate surface area is 66.5 Å². The van der Waals surface area contributed by atoms with E-state index in [4.69, 9.17) is 0 Å². The number of fused-ring (bicyclic) bond motifs is 1. The number of benzene rings is 1. The van der Waals surface area contributed by atoms with E-state index < -0.39 is 0 Å². The minimum atomic E-state index is 1.10. The fraction of sp³-hybridized carbons (Fsp3) is 0. The van der Waals surface area contributed by atoms with Gasteiger partial charge in [0.25, 0.3) is 0 Å². The van der Waals surface area contributed by atoms with Gasteiger partial charge in [-0.25, -0.2) is 0 Å². The zero-order chi connectivity index (χ0) is 7.68. The number of pyridine rings is 1. The molecule has 0 unspecified atom stereocenters. The Balaban J connectivity index is 2.91. The molecule has 0 N–H and O–H groups in total. The molecule has 0 saturated carbocycles. The van der Waals surface area contributed by atoms with E-state index in [1.54, 1.807) is 0 Å². The minimum absolute atomic E-state index is 1.10. The third-order valence-electron chi connectivity index (χ3n) is 1.87. The van der Waals surface area contributed by atoms with Gasteiger partial charge in [0.15, 0.2) is 7.85 Å². The van der Waals surface area contributed by atoms with E-state index in [-0.39, 0.29) is 0 Å². The van der Waals surface area contributed by atoms with Crippen LogP contribution in [0.3, 0.4) is 0 Å². The quantitative estimate of drug-likeness (QED) is 0.486. The van der Waals surface area contributed by atoms with E-state index in [0.717, 1.165) is 5.59 Å². The van der Waals surface area contributed by atoms with Crippen molar-refractivity contribution in [1.82, 2.24) is 4.98 Å². The van der Waals surface area contributed by atoms with Crippen LogP contribution in [-0.4, -0.2) is 12.8 Å². The largest absolute Gasteiger partial charge is 0.271 e. The van der Waals surface area contributed by atoms with Crippen LogP contribution in [0.2, 0.25) is 0 Å². The fourth-order valence-corrected chi connectivity index (χ4v) is 1.27. The lowest BCUT2D eigenvalue weighted by molar-refractivity contribution is 1.42. The normalized spacial score (nSPS) is 10.2. The summed E-state index contributed by atoms with van der Waals surface area (Å²) in [6.07, 6.45) is 1.84. The molecule has 0 aliphatic heterocycles. The van der Waals surface area contributed by atoms with E-state index in [2.05, 4.69) is 17.1 Å². The molecule has 2 rings (SSSR count). The fourth-order valence-electron chi connectivity index (χ4n) is 1.27. The standard InChI is InChI=1S/C9H8BN/c10-9-8-4-2-1-3-7(8)5-6-11-9/h1-6H,10H2. The molecule has 0 aliphatic rings. The van der Waals surface area contributed by atoms with E-state index in [1.807, 2.05) is 32.2 Å². The summed E-state index contributed by atoms with van der Waals surface area (Å²) >= 11 is 0. The number of aromatic nitrogens is 1. The summed E-state index contributed by atoms with van der Waals surface area (Å²) in [5.41, 5.74) is 1.10. The first-order valence-electron chi connectivity index (χ1n) is 3.68. The van der Waals surface area contributed by atoms with Crippen molar-refractivity contribution >= 4 is 24.2 Å². The molecule has 2 aromatic rings. The Morgan fingerprint density at radius 2 is 1.91 bits per heavy atom. The van der Waals surface area contributed by atoms with Crippen molar-refractivity contribution in [2.45, 2.75) is 0 Å². The minimum Gasteiger partial charge on any atom is -0.271 e. The van der Waals surface area contributed by atoms with Gasteiger partial charge in [-0.05, 0) is 16.8 Å². The first-order chi connectivity index (χ1) is 5.38. The van der Waals surface area contributed by atoms with E-state index in [0.29, 0.717) is 0 Å². The summed E-state index contributed by atoms with van der Waals surface area (Å²) in [6.45, 7) is 0. The third-order valence-corrected chi connectivity index (χ3v) is 1.87.